The minimum atomic E-state index is -1.13. The van der Waals surface area contributed by atoms with Crippen molar-refractivity contribution in [3.8, 4) is 17.2 Å². The number of aliphatic imine (C=N–C) groups is 1. The predicted octanol–water partition coefficient (Wildman–Crippen LogP) is 3.26. The minimum Gasteiger partial charge on any atom is -0.497 e. The van der Waals surface area contributed by atoms with Gasteiger partial charge in [0, 0.05) is 43.2 Å². The Morgan fingerprint density at radius 2 is 1.94 bits per heavy atom. The molecule has 1 aliphatic heterocycles. The second-order valence-electron chi connectivity index (χ2n) is 7.90. The first-order valence-corrected chi connectivity index (χ1v) is 11.2. The van der Waals surface area contributed by atoms with Gasteiger partial charge in [0.25, 0.3) is 5.91 Å². The zero-order valence-corrected chi connectivity index (χ0v) is 19.9. The van der Waals surface area contributed by atoms with E-state index in [-0.39, 0.29) is 19.1 Å². The average molecular weight is 469 g/mol. The molecule has 0 spiro atoms. The van der Waals surface area contributed by atoms with E-state index in [1.54, 1.807) is 26.4 Å². The fourth-order valence-electron chi connectivity index (χ4n) is 3.73. The van der Waals surface area contributed by atoms with Crippen molar-refractivity contribution in [3.63, 3.8) is 0 Å². The Morgan fingerprint density at radius 1 is 1.21 bits per heavy atom. The van der Waals surface area contributed by atoms with E-state index >= 15 is 0 Å². The van der Waals surface area contributed by atoms with Gasteiger partial charge in [0.15, 0.2) is 5.54 Å². The summed E-state index contributed by atoms with van der Waals surface area (Å²) in [5, 5.41) is 11.9. The number of carbonyl (C=O) groups is 1. The molecule has 182 valence electrons. The number of amides is 1. The molecular formula is C26H32N2O6. The molecule has 3 rings (SSSR count). The lowest BCUT2D eigenvalue weighted by molar-refractivity contribution is -0.128. The Balaban J connectivity index is 1.77. The van der Waals surface area contributed by atoms with Gasteiger partial charge in [-0.15, -0.1) is 6.58 Å². The summed E-state index contributed by atoms with van der Waals surface area (Å²) in [5.74, 6) is 2.13. The van der Waals surface area contributed by atoms with Gasteiger partial charge in [0.2, 0.25) is 5.90 Å². The van der Waals surface area contributed by atoms with Crippen LogP contribution in [0.2, 0.25) is 0 Å². The van der Waals surface area contributed by atoms with Gasteiger partial charge in [-0.1, -0.05) is 6.08 Å². The molecule has 2 aromatic rings. The topological polar surface area (TPSA) is 98.6 Å². The molecule has 34 heavy (non-hydrogen) atoms. The van der Waals surface area contributed by atoms with Crippen molar-refractivity contribution < 1.29 is 28.8 Å². The standard InChI is InChI=1S/C26H32N2O6/c1-5-13-26(25(30)27-17-20-9-12-22(31-3)16-23(20)32-4)18(2)34-24(28-26)19-7-10-21(11-8-19)33-15-6-14-29/h5,7-12,16,18,29H,1,6,13-15,17H2,2-4H3,(H,27,30)/t18-,26-/m1/s1. The molecule has 0 saturated carbocycles. The number of carbonyl (C=O) groups excluding carboxylic acids is 1. The van der Waals surface area contributed by atoms with Crippen LogP contribution in [0.3, 0.4) is 0 Å². The van der Waals surface area contributed by atoms with Crippen LogP contribution in [-0.4, -0.2) is 56.0 Å². The normalized spacial score (nSPS) is 19.1. The lowest BCUT2D eigenvalue weighted by Crippen LogP contribution is -2.50. The number of methoxy groups -OCH3 is 2. The molecule has 0 fully saturated rings. The Morgan fingerprint density at radius 3 is 2.59 bits per heavy atom. The van der Waals surface area contributed by atoms with Crippen LogP contribution in [0.5, 0.6) is 17.2 Å². The Labute approximate surface area is 200 Å². The molecule has 2 atom stereocenters. The summed E-state index contributed by atoms with van der Waals surface area (Å²) in [6.45, 7) is 6.44. The van der Waals surface area contributed by atoms with Gasteiger partial charge in [0.05, 0.1) is 20.8 Å². The van der Waals surface area contributed by atoms with E-state index in [0.29, 0.717) is 42.6 Å². The summed E-state index contributed by atoms with van der Waals surface area (Å²) >= 11 is 0. The Kier molecular flexibility index (Phi) is 8.54. The number of ether oxygens (including phenoxy) is 4. The molecule has 0 bridgehead atoms. The summed E-state index contributed by atoms with van der Waals surface area (Å²) in [6.07, 6.45) is 2.08. The third kappa shape index (κ3) is 5.51. The number of benzene rings is 2. The molecule has 1 heterocycles. The smallest absolute Gasteiger partial charge is 0.252 e. The fourth-order valence-corrected chi connectivity index (χ4v) is 3.73. The molecular weight excluding hydrogens is 436 g/mol. The summed E-state index contributed by atoms with van der Waals surface area (Å²) < 4.78 is 22.3. The molecule has 2 N–H and O–H groups in total. The van der Waals surface area contributed by atoms with Crippen molar-refractivity contribution in [2.45, 2.75) is 38.0 Å². The van der Waals surface area contributed by atoms with Crippen LogP contribution in [0.15, 0.2) is 60.1 Å². The largest absolute Gasteiger partial charge is 0.497 e. The zero-order valence-electron chi connectivity index (χ0n) is 19.9. The maximum absolute atomic E-state index is 13.4. The van der Waals surface area contributed by atoms with Crippen molar-refractivity contribution >= 4 is 11.8 Å². The van der Waals surface area contributed by atoms with Gasteiger partial charge >= 0.3 is 0 Å². The summed E-state index contributed by atoms with van der Waals surface area (Å²) in [5.41, 5.74) is 0.433. The molecule has 0 aliphatic carbocycles. The van der Waals surface area contributed by atoms with E-state index in [0.717, 1.165) is 11.1 Å². The Bertz CT molecular complexity index is 1020. The van der Waals surface area contributed by atoms with Gasteiger partial charge in [-0.05, 0) is 43.3 Å². The van der Waals surface area contributed by atoms with Crippen LogP contribution in [-0.2, 0) is 16.1 Å². The molecule has 0 unspecified atom stereocenters. The minimum absolute atomic E-state index is 0.0827. The van der Waals surface area contributed by atoms with Crippen LogP contribution in [0.25, 0.3) is 0 Å². The van der Waals surface area contributed by atoms with E-state index < -0.39 is 11.6 Å². The molecule has 0 aromatic heterocycles. The molecule has 0 saturated heterocycles. The third-order valence-electron chi connectivity index (χ3n) is 5.72. The fraction of sp³-hybridized carbons (Fsp3) is 0.385. The van der Waals surface area contributed by atoms with Crippen LogP contribution in [0.4, 0.5) is 0 Å². The number of hydrogen-bond acceptors (Lipinski definition) is 7. The van der Waals surface area contributed by atoms with Gasteiger partial charge < -0.3 is 29.4 Å². The maximum Gasteiger partial charge on any atom is 0.252 e. The van der Waals surface area contributed by atoms with E-state index in [1.807, 2.05) is 43.3 Å². The summed E-state index contributed by atoms with van der Waals surface area (Å²) in [7, 11) is 3.16. The molecule has 1 amide bonds. The van der Waals surface area contributed by atoms with Gasteiger partial charge in [-0.25, -0.2) is 4.99 Å². The number of nitrogens with zero attached hydrogens (tertiary/aromatic N) is 1. The van der Waals surface area contributed by atoms with Crippen molar-refractivity contribution in [3.05, 3.63) is 66.2 Å². The van der Waals surface area contributed by atoms with Gasteiger partial charge in [-0.2, -0.15) is 0 Å². The second-order valence-corrected chi connectivity index (χ2v) is 7.90. The third-order valence-corrected chi connectivity index (χ3v) is 5.72. The molecule has 2 aromatic carbocycles. The highest BCUT2D eigenvalue weighted by Crippen LogP contribution is 2.33. The van der Waals surface area contributed by atoms with Crippen LogP contribution < -0.4 is 19.5 Å². The lowest BCUT2D eigenvalue weighted by Gasteiger charge is -2.27. The number of aliphatic hydroxyl groups is 1. The first-order chi connectivity index (χ1) is 16.5. The van der Waals surface area contributed by atoms with E-state index in [4.69, 9.17) is 29.0 Å². The van der Waals surface area contributed by atoms with Crippen LogP contribution >= 0.6 is 0 Å². The first-order valence-electron chi connectivity index (χ1n) is 11.2. The number of rotatable bonds is 12. The summed E-state index contributed by atoms with van der Waals surface area (Å²) in [6, 6.07) is 12.7. The highest BCUT2D eigenvalue weighted by atomic mass is 16.5. The highest BCUT2D eigenvalue weighted by Gasteiger charge is 2.49. The van der Waals surface area contributed by atoms with Gasteiger partial charge in [0.1, 0.15) is 23.4 Å². The van der Waals surface area contributed by atoms with E-state index in [9.17, 15) is 4.79 Å². The molecule has 1 aliphatic rings. The lowest BCUT2D eigenvalue weighted by atomic mass is 9.89. The Hall–Kier alpha value is -3.52. The molecule has 0 radical (unpaired) electrons. The van der Waals surface area contributed by atoms with Crippen LogP contribution in [0, 0.1) is 0 Å². The van der Waals surface area contributed by atoms with E-state index in [2.05, 4.69) is 11.9 Å². The summed E-state index contributed by atoms with van der Waals surface area (Å²) in [4.78, 5) is 18.1. The van der Waals surface area contributed by atoms with Gasteiger partial charge in [-0.3, -0.25) is 4.79 Å². The highest BCUT2D eigenvalue weighted by molar-refractivity contribution is 6.00. The van der Waals surface area contributed by atoms with Crippen molar-refractivity contribution in [1.82, 2.24) is 5.32 Å². The predicted molar refractivity (Wildman–Crippen MR) is 130 cm³/mol. The molecule has 8 nitrogen and oxygen atoms in total. The van der Waals surface area contributed by atoms with Crippen LogP contribution in [0.1, 0.15) is 30.9 Å². The average Bonchev–Trinajstić information content (AvgIpc) is 3.20. The molecule has 8 heteroatoms. The van der Waals surface area contributed by atoms with Crippen molar-refractivity contribution in [2.75, 3.05) is 27.4 Å². The van der Waals surface area contributed by atoms with Crippen molar-refractivity contribution in [1.29, 1.82) is 0 Å². The zero-order chi connectivity index (χ0) is 24.6. The SMILES string of the molecule is C=CC[C@@]1(C(=O)NCc2ccc(OC)cc2OC)N=C(c2ccc(OCCCO)cc2)O[C@@H]1C. The van der Waals surface area contributed by atoms with Crippen molar-refractivity contribution in [2.24, 2.45) is 4.99 Å². The maximum atomic E-state index is 13.4. The number of aliphatic hydroxyl groups excluding tert-OH is 1. The monoisotopic (exact) mass is 468 g/mol. The second kappa shape index (κ2) is 11.6. The number of nitrogens with one attached hydrogen (secondary N) is 1. The number of hydrogen-bond donors (Lipinski definition) is 2. The van der Waals surface area contributed by atoms with E-state index in [1.165, 1.54) is 0 Å². The quantitative estimate of drug-likeness (QED) is 0.367. The first kappa shape index (κ1) is 25.1.